The molecule has 3 nitrogen and oxygen atoms in total. The van der Waals surface area contributed by atoms with E-state index in [1.165, 1.54) is 0 Å². The summed E-state index contributed by atoms with van der Waals surface area (Å²) in [5.74, 6) is -0.0265. The minimum atomic E-state index is -0.0265. The Bertz CT molecular complexity index is 563. The van der Waals surface area contributed by atoms with E-state index >= 15 is 0 Å². The molecule has 0 radical (unpaired) electrons. The van der Waals surface area contributed by atoms with Gasteiger partial charge in [-0.2, -0.15) is 0 Å². The van der Waals surface area contributed by atoms with Gasteiger partial charge in [0, 0.05) is 19.0 Å². The first-order valence-corrected chi connectivity index (χ1v) is 5.75. The highest BCUT2D eigenvalue weighted by Gasteiger charge is 2.13. The third-order valence-electron chi connectivity index (χ3n) is 2.96. The Kier molecular flexibility index (Phi) is 3.09. The van der Waals surface area contributed by atoms with E-state index in [4.69, 9.17) is 0 Å². The molecule has 0 N–H and O–H groups in total. The van der Waals surface area contributed by atoms with Crippen LogP contribution >= 0.6 is 0 Å². The molecule has 2 aromatic rings. The van der Waals surface area contributed by atoms with Crippen molar-refractivity contribution in [3.63, 3.8) is 0 Å². The number of aryl methyl sites for hydroxylation is 1. The minimum Gasteiger partial charge on any atom is -0.341 e. The van der Waals surface area contributed by atoms with E-state index in [0.717, 1.165) is 16.5 Å². The van der Waals surface area contributed by atoms with E-state index in [-0.39, 0.29) is 5.91 Å². The number of benzene rings is 1. The molecule has 0 unspecified atom stereocenters. The number of aromatic nitrogens is 1. The van der Waals surface area contributed by atoms with Crippen molar-refractivity contribution in [3.05, 3.63) is 41.6 Å². The summed E-state index contributed by atoms with van der Waals surface area (Å²) in [6, 6.07) is 9.74. The molecule has 0 bridgehead atoms. The number of fused-ring (bicyclic) bond motifs is 1. The van der Waals surface area contributed by atoms with Gasteiger partial charge in [0.15, 0.2) is 0 Å². The zero-order chi connectivity index (χ0) is 12.4. The normalized spacial score (nSPS) is 10.5. The highest BCUT2D eigenvalue weighted by Crippen LogP contribution is 2.17. The smallest absolute Gasteiger partial charge is 0.272 e. The molecule has 0 aliphatic carbocycles. The summed E-state index contributed by atoms with van der Waals surface area (Å²) in [6.45, 7) is 4.64. The molecule has 1 aromatic carbocycles. The van der Waals surface area contributed by atoms with Gasteiger partial charge in [-0.25, -0.2) is 4.98 Å². The standard InChI is InChI=1S/C14H16N2O/c1-4-16(3)14(17)13-9-10(2)11-7-5-6-8-12(11)15-13/h5-9H,4H2,1-3H3. The van der Waals surface area contributed by atoms with Crippen molar-refractivity contribution in [2.75, 3.05) is 13.6 Å². The van der Waals surface area contributed by atoms with Crippen LogP contribution in [0.5, 0.6) is 0 Å². The lowest BCUT2D eigenvalue weighted by atomic mass is 10.1. The van der Waals surface area contributed by atoms with Crippen molar-refractivity contribution >= 4 is 16.8 Å². The Balaban J connectivity index is 2.54. The molecule has 0 atom stereocenters. The van der Waals surface area contributed by atoms with Crippen LogP contribution < -0.4 is 0 Å². The third-order valence-corrected chi connectivity index (χ3v) is 2.96. The Morgan fingerprint density at radius 3 is 2.76 bits per heavy atom. The number of hydrogen-bond acceptors (Lipinski definition) is 2. The lowest BCUT2D eigenvalue weighted by molar-refractivity contribution is 0.0797. The fourth-order valence-electron chi connectivity index (χ4n) is 1.80. The molecule has 3 heteroatoms. The summed E-state index contributed by atoms with van der Waals surface area (Å²) >= 11 is 0. The maximum atomic E-state index is 12.0. The van der Waals surface area contributed by atoms with Crippen molar-refractivity contribution in [3.8, 4) is 0 Å². The minimum absolute atomic E-state index is 0.0265. The first-order valence-electron chi connectivity index (χ1n) is 5.75. The van der Waals surface area contributed by atoms with Crippen molar-refractivity contribution in [2.24, 2.45) is 0 Å². The van der Waals surface area contributed by atoms with Crippen LogP contribution in [0, 0.1) is 6.92 Å². The fraction of sp³-hybridized carbons (Fsp3) is 0.286. The topological polar surface area (TPSA) is 33.2 Å². The quantitative estimate of drug-likeness (QED) is 0.791. The number of nitrogens with zero attached hydrogens (tertiary/aromatic N) is 2. The maximum absolute atomic E-state index is 12.0. The van der Waals surface area contributed by atoms with Gasteiger partial charge >= 0.3 is 0 Å². The summed E-state index contributed by atoms with van der Waals surface area (Å²) in [5.41, 5.74) is 2.48. The second-order valence-corrected chi connectivity index (χ2v) is 4.16. The number of carbonyl (C=O) groups excluding carboxylic acids is 1. The average Bonchev–Trinajstić information content (AvgIpc) is 2.37. The first-order chi connectivity index (χ1) is 8.13. The molecule has 0 aliphatic heterocycles. The predicted octanol–water partition coefficient (Wildman–Crippen LogP) is 2.64. The first kappa shape index (κ1) is 11.6. The van der Waals surface area contributed by atoms with Gasteiger partial charge in [0.05, 0.1) is 5.52 Å². The van der Waals surface area contributed by atoms with Gasteiger partial charge in [0.2, 0.25) is 0 Å². The lowest BCUT2D eigenvalue weighted by Crippen LogP contribution is -2.27. The van der Waals surface area contributed by atoms with E-state index in [1.54, 1.807) is 11.9 Å². The van der Waals surface area contributed by atoms with Gasteiger partial charge in [0.25, 0.3) is 5.91 Å². The summed E-state index contributed by atoms with van der Waals surface area (Å²) in [4.78, 5) is 18.1. The van der Waals surface area contributed by atoms with Crippen LogP contribution in [0.2, 0.25) is 0 Å². The van der Waals surface area contributed by atoms with Crippen LogP contribution in [-0.4, -0.2) is 29.4 Å². The predicted molar refractivity (Wildman–Crippen MR) is 69.1 cm³/mol. The van der Waals surface area contributed by atoms with Crippen LogP contribution in [0.25, 0.3) is 10.9 Å². The Hall–Kier alpha value is -1.90. The van der Waals surface area contributed by atoms with Crippen molar-refractivity contribution in [1.82, 2.24) is 9.88 Å². The van der Waals surface area contributed by atoms with E-state index < -0.39 is 0 Å². The molecule has 1 heterocycles. The van der Waals surface area contributed by atoms with Crippen LogP contribution in [0.15, 0.2) is 30.3 Å². The average molecular weight is 228 g/mol. The van der Waals surface area contributed by atoms with Gasteiger partial charge in [-0.15, -0.1) is 0 Å². The highest BCUT2D eigenvalue weighted by atomic mass is 16.2. The molecule has 1 aromatic heterocycles. The second kappa shape index (κ2) is 4.53. The monoisotopic (exact) mass is 228 g/mol. The van der Waals surface area contributed by atoms with E-state index in [9.17, 15) is 4.79 Å². The Labute approximate surface area is 101 Å². The van der Waals surface area contributed by atoms with Crippen LogP contribution in [0.4, 0.5) is 0 Å². The molecule has 2 rings (SSSR count). The molecule has 0 saturated heterocycles. The number of pyridine rings is 1. The summed E-state index contributed by atoms with van der Waals surface area (Å²) in [6.07, 6.45) is 0. The number of para-hydroxylation sites is 1. The second-order valence-electron chi connectivity index (χ2n) is 4.16. The number of carbonyl (C=O) groups is 1. The largest absolute Gasteiger partial charge is 0.341 e. The van der Waals surface area contributed by atoms with E-state index in [2.05, 4.69) is 4.98 Å². The van der Waals surface area contributed by atoms with Crippen molar-refractivity contribution in [2.45, 2.75) is 13.8 Å². The molecule has 0 aliphatic rings. The van der Waals surface area contributed by atoms with Crippen LogP contribution in [-0.2, 0) is 0 Å². The zero-order valence-electron chi connectivity index (χ0n) is 10.4. The van der Waals surface area contributed by atoms with Gasteiger partial charge in [-0.3, -0.25) is 4.79 Å². The number of hydrogen-bond donors (Lipinski definition) is 0. The molecule has 1 amide bonds. The summed E-state index contributed by atoms with van der Waals surface area (Å²) < 4.78 is 0. The Morgan fingerprint density at radius 1 is 1.35 bits per heavy atom. The number of rotatable bonds is 2. The molecular weight excluding hydrogens is 212 g/mol. The van der Waals surface area contributed by atoms with E-state index in [1.807, 2.05) is 44.2 Å². The molecule has 0 fully saturated rings. The molecule has 0 spiro atoms. The van der Waals surface area contributed by atoms with Crippen molar-refractivity contribution in [1.29, 1.82) is 0 Å². The summed E-state index contributed by atoms with van der Waals surface area (Å²) in [5, 5.41) is 1.10. The number of amides is 1. The maximum Gasteiger partial charge on any atom is 0.272 e. The van der Waals surface area contributed by atoms with E-state index in [0.29, 0.717) is 12.2 Å². The van der Waals surface area contributed by atoms with Crippen LogP contribution in [0.1, 0.15) is 23.0 Å². The van der Waals surface area contributed by atoms with Crippen molar-refractivity contribution < 1.29 is 4.79 Å². The molecule has 88 valence electrons. The summed E-state index contributed by atoms with van der Waals surface area (Å²) in [7, 11) is 1.79. The lowest BCUT2D eigenvalue weighted by Gasteiger charge is -2.14. The van der Waals surface area contributed by atoms with Crippen LogP contribution in [0.3, 0.4) is 0 Å². The Morgan fingerprint density at radius 2 is 2.06 bits per heavy atom. The van der Waals surface area contributed by atoms with Gasteiger partial charge in [-0.1, -0.05) is 18.2 Å². The molecule has 0 saturated carbocycles. The van der Waals surface area contributed by atoms with Gasteiger partial charge in [-0.05, 0) is 31.5 Å². The van der Waals surface area contributed by atoms with Gasteiger partial charge in [0.1, 0.15) is 5.69 Å². The molecule has 17 heavy (non-hydrogen) atoms. The van der Waals surface area contributed by atoms with Gasteiger partial charge < -0.3 is 4.90 Å². The molecular formula is C14H16N2O. The fourth-order valence-corrected chi connectivity index (χ4v) is 1.80. The SMILES string of the molecule is CCN(C)C(=O)c1cc(C)c2ccccc2n1. The zero-order valence-corrected chi connectivity index (χ0v) is 10.4. The highest BCUT2D eigenvalue weighted by molar-refractivity contribution is 5.95. The third kappa shape index (κ3) is 2.13.